The summed E-state index contributed by atoms with van der Waals surface area (Å²) in [4.78, 5) is 4.40. The molecule has 1 aromatic heterocycles. The van der Waals surface area contributed by atoms with E-state index in [4.69, 9.17) is 0 Å². The van der Waals surface area contributed by atoms with Gasteiger partial charge in [0.25, 0.3) is 0 Å². The molecule has 1 heterocycles. The molecule has 1 saturated carbocycles. The third-order valence-corrected chi connectivity index (χ3v) is 3.47. The highest BCUT2D eigenvalue weighted by Gasteiger charge is 2.25. The average Bonchev–Trinajstić information content (AvgIpc) is 2.51. The molecular weight excluding hydrogens is 174 g/mol. The zero-order valence-electron chi connectivity index (χ0n) is 9.32. The van der Waals surface area contributed by atoms with Crippen molar-refractivity contribution in [3.63, 3.8) is 0 Å². The summed E-state index contributed by atoms with van der Waals surface area (Å²) in [5.41, 5.74) is 0.106. The van der Waals surface area contributed by atoms with E-state index in [0.717, 1.165) is 12.2 Å². The minimum atomic E-state index is 0.106. The number of hydrogen-bond donors (Lipinski definition) is 0. The molecule has 0 bridgehead atoms. The predicted molar refractivity (Wildman–Crippen MR) is 56.2 cm³/mol. The van der Waals surface area contributed by atoms with Gasteiger partial charge < -0.3 is 0 Å². The summed E-state index contributed by atoms with van der Waals surface area (Å²) >= 11 is 0. The van der Waals surface area contributed by atoms with Gasteiger partial charge in [-0.25, -0.2) is 9.67 Å². The Hall–Kier alpha value is -0.860. The Morgan fingerprint density at radius 1 is 1.50 bits per heavy atom. The molecule has 0 N–H and O–H groups in total. The van der Waals surface area contributed by atoms with Crippen LogP contribution in [0.2, 0.25) is 0 Å². The Morgan fingerprint density at radius 3 is 2.71 bits per heavy atom. The fraction of sp³-hybridized carbons (Fsp3) is 0.818. The SMILES string of the molecule is CCC(C)(C)n1cnc(C2CCC2)n1. The highest BCUT2D eigenvalue weighted by atomic mass is 15.4. The molecule has 78 valence electrons. The topological polar surface area (TPSA) is 30.7 Å². The van der Waals surface area contributed by atoms with Crippen molar-refractivity contribution in [1.82, 2.24) is 14.8 Å². The maximum absolute atomic E-state index is 4.58. The van der Waals surface area contributed by atoms with Crippen molar-refractivity contribution < 1.29 is 0 Å². The Morgan fingerprint density at radius 2 is 2.21 bits per heavy atom. The summed E-state index contributed by atoms with van der Waals surface area (Å²) < 4.78 is 2.01. The molecule has 0 aliphatic heterocycles. The Balaban J connectivity index is 2.16. The summed E-state index contributed by atoms with van der Waals surface area (Å²) in [5, 5.41) is 4.58. The molecule has 0 unspecified atom stereocenters. The molecule has 3 nitrogen and oxygen atoms in total. The van der Waals surface area contributed by atoms with Crippen molar-refractivity contribution >= 4 is 0 Å². The van der Waals surface area contributed by atoms with Crippen LogP contribution >= 0.6 is 0 Å². The van der Waals surface area contributed by atoms with E-state index in [2.05, 4.69) is 30.9 Å². The van der Waals surface area contributed by atoms with Gasteiger partial charge in [-0.1, -0.05) is 13.3 Å². The van der Waals surface area contributed by atoms with Gasteiger partial charge in [-0.15, -0.1) is 0 Å². The monoisotopic (exact) mass is 193 g/mol. The van der Waals surface area contributed by atoms with Gasteiger partial charge in [0.1, 0.15) is 6.33 Å². The summed E-state index contributed by atoms with van der Waals surface area (Å²) in [6.07, 6.45) is 6.86. The van der Waals surface area contributed by atoms with Gasteiger partial charge in [0.2, 0.25) is 0 Å². The van der Waals surface area contributed by atoms with E-state index >= 15 is 0 Å². The summed E-state index contributed by atoms with van der Waals surface area (Å²) in [5.74, 6) is 1.70. The molecule has 3 heteroatoms. The molecule has 0 aromatic carbocycles. The zero-order chi connectivity index (χ0) is 10.2. The zero-order valence-corrected chi connectivity index (χ0v) is 9.32. The van der Waals surface area contributed by atoms with E-state index in [0.29, 0.717) is 5.92 Å². The molecule has 0 atom stereocenters. The molecule has 14 heavy (non-hydrogen) atoms. The lowest BCUT2D eigenvalue weighted by Crippen LogP contribution is -2.26. The van der Waals surface area contributed by atoms with Crippen LogP contribution in [0.3, 0.4) is 0 Å². The quantitative estimate of drug-likeness (QED) is 0.739. The first kappa shape index (κ1) is 9.69. The third kappa shape index (κ3) is 1.56. The highest BCUT2D eigenvalue weighted by molar-refractivity contribution is 4.99. The van der Waals surface area contributed by atoms with Gasteiger partial charge in [0.05, 0.1) is 5.54 Å². The van der Waals surface area contributed by atoms with E-state index in [1.54, 1.807) is 0 Å². The fourth-order valence-corrected chi connectivity index (χ4v) is 1.58. The molecule has 1 aliphatic rings. The second kappa shape index (κ2) is 3.37. The lowest BCUT2D eigenvalue weighted by molar-refractivity contribution is 0.300. The first-order valence-electron chi connectivity index (χ1n) is 5.55. The summed E-state index contributed by atoms with van der Waals surface area (Å²) in [7, 11) is 0. The Bertz CT molecular complexity index is 310. The van der Waals surface area contributed by atoms with Crippen molar-refractivity contribution in [2.45, 2.75) is 57.9 Å². The Labute approximate surface area is 85.5 Å². The fourth-order valence-electron chi connectivity index (χ4n) is 1.58. The molecule has 1 aliphatic carbocycles. The van der Waals surface area contributed by atoms with Crippen LogP contribution in [0.15, 0.2) is 6.33 Å². The Kier molecular flexibility index (Phi) is 2.33. The first-order valence-corrected chi connectivity index (χ1v) is 5.55. The van der Waals surface area contributed by atoms with E-state index in [1.807, 2.05) is 11.0 Å². The standard InChI is InChI=1S/C11H19N3/c1-4-11(2,3)14-8-12-10(13-14)9-6-5-7-9/h8-9H,4-7H2,1-3H3. The third-order valence-electron chi connectivity index (χ3n) is 3.47. The highest BCUT2D eigenvalue weighted by Crippen LogP contribution is 2.34. The normalized spacial score (nSPS) is 18.2. The second-order valence-electron chi connectivity index (χ2n) is 4.84. The van der Waals surface area contributed by atoms with Crippen LogP contribution < -0.4 is 0 Å². The second-order valence-corrected chi connectivity index (χ2v) is 4.84. The minimum Gasteiger partial charge on any atom is -0.247 e. The maximum Gasteiger partial charge on any atom is 0.153 e. The van der Waals surface area contributed by atoms with Crippen LogP contribution in [0.25, 0.3) is 0 Å². The molecule has 0 saturated heterocycles. The van der Waals surface area contributed by atoms with Gasteiger partial charge in [-0.2, -0.15) is 5.10 Å². The summed E-state index contributed by atoms with van der Waals surface area (Å²) in [6, 6.07) is 0. The maximum atomic E-state index is 4.58. The smallest absolute Gasteiger partial charge is 0.153 e. The van der Waals surface area contributed by atoms with Crippen molar-refractivity contribution in [3.05, 3.63) is 12.2 Å². The molecule has 0 radical (unpaired) electrons. The summed E-state index contributed by atoms with van der Waals surface area (Å²) in [6.45, 7) is 6.59. The van der Waals surface area contributed by atoms with Gasteiger partial charge in [0, 0.05) is 5.92 Å². The average molecular weight is 193 g/mol. The predicted octanol–water partition coefficient (Wildman–Crippen LogP) is 2.69. The van der Waals surface area contributed by atoms with Crippen LogP contribution in [-0.4, -0.2) is 14.8 Å². The van der Waals surface area contributed by atoms with Crippen LogP contribution in [0.5, 0.6) is 0 Å². The lowest BCUT2D eigenvalue weighted by Gasteiger charge is -2.24. The van der Waals surface area contributed by atoms with Crippen molar-refractivity contribution in [2.24, 2.45) is 0 Å². The molecule has 0 amide bonds. The van der Waals surface area contributed by atoms with Crippen molar-refractivity contribution in [1.29, 1.82) is 0 Å². The van der Waals surface area contributed by atoms with Gasteiger partial charge in [0.15, 0.2) is 5.82 Å². The molecule has 0 spiro atoms. The van der Waals surface area contributed by atoms with Crippen LogP contribution in [0.4, 0.5) is 0 Å². The van der Waals surface area contributed by atoms with Crippen molar-refractivity contribution in [2.75, 3.05) is 0 Å². The largest absolute Gasteiger partial charge is 0.247 e. The number of rotatable bonds is 3. The lowest BCUT2D eigenvalue weighted by atomic mass is 9.85. The number of nitrogens with zero attached hydrogens (tertiary/aromatic N) is 3. The number of hydrogen-bond acceptors (Lipinski definition) is 2. The van der Waals surface area contributed by atoms with Crippen LogP contribution in [-0.2, 0) is 5.54 Å². The van der Waals surface area contributed by atoms with Gasteiger partial charge in [-0.05, 0) is 33.1 Å². The first-order chi connectivity index (χ1) is 6.63. The van der Waals surface area contributed by atoms with Gasteiger partial charge in [-0.3, -0.25) is 0 Å². The van der Waals surface area contributed by atoms with E-state index in [1.165, 1.54) is 19.3 Å². The minimum absolute atomic E-state index is 0.106. The number of aromatic nitrogens is 3. The van der Waals surface area contributed by atoms with Crippen LogP contribution in [0.1, 0.15) is 58.2 Å². The van der Waals surface area contributed by atoms with E-state index in [9.17, 15) is 0 Å². The molecule has 2 rings (SSSR count). The van der Waals surface area contributed by atoms with Crippen LogP contribution in [0, 0.1) is 0 Å². The molecular formula is C11H19N3. The van der Waals surface area contributed by atoms with E-state index < -0.39 is 0 Å². The molecule has 1 aromatic rings. The molecule has 1 fully saturated rings. The van der Waals surface area contributed by atoms with E-state index in [-0.39, 0.29) is 5.54 Å². The van der Waals surface area contributed by atoms with Crippen molar-refractivity contribution in [3.8, 4) is 0 Å². The van der Waals surface area contributed by atoms with Gasteiger partial charge >= 0.3 is 0 Å².